The number of carbonyl (C=O) groups excluding carboxylic acids is 1. The monoisotopic (exact) mass is 322 g/mol. The van der Waals surface area contributed by atoms with Gasteiger partial charge in [0.1, 0.15) is 4.90 Å². The molecule has 1 amide bonds. The normalized spacial score (nSPS) is 16.5. The highest BCUT2D eigenvalue weighted by Crippen LogP contribution is 2.26. The Morgan fingerprint density at radius 2 is 2.00 bits per heavy atom. The summed E-state index contributed by atoms with van der Waals surface area (Å²) in [5.74, 6) is -0.319. The van der Waals surface area contributed by atoms with E-state index >= 15 is 0 Å². The molecule has 0 radical (unpaired) electrons. The number of amides is 1. The van der Waals surface area contributed by atoms with Gasteiger partial charge in [-0.1, -0.05) is 0 Å². The molecule has 0 bridgehead atoms. The van der Waals surface area contributed by atoms with Gasteiger partial charge in [0.25, 0.3) is 5.91 Å². The standard InChI is InChI=1S/C9H11BrN2O4S/c10-8-7(17(11,14)15)5-6(16-8)9(13)12-3-1-2-4-12/h5H,1-4H2,(H2,11,14,15). The average Bonchev–Trinajstić information content (AvgIpc) is 2.83. The summed E-state index contributed by atoms with van der Waals surface area (Å²) in [6.45, 7) is 1.34. The fourth-order valence-electron chi connectivity index (χ4n) is 1.73. The molecule has 94 valence electrons. The number of sulfonamides is 1. The zero-order chi connectivity index (χ0) is 12.6. The molecule has 2 rings (SSSR count). The summed E-state index contributed by atoms with van der Waals surface area (Å²) in [5, 5.41) is 4.98. The number of carbonyl (C=O) groups is 1. The van der Waals surface area contributed by atoms with Crippen LogP contribution in [0.15, 0.2) is 20.0 Å². The maximum atomic E-state index is 11.9. The maximum absolute atomic E-state index is 11.9. The molecule has 1 aromatic rings. The van der Waals surface area contributed by atoms with E-state index in [-0.39, 0.29) is 21.2 Å². The second-order valence-electron chi connectivity index (χ2n) is 3.79. The molecule has 2 heterocycles. The number of nitrogens with zero attached hydrogens (tertiary/aromatic N) is 1. The van der Waals surface area contributed by atoms with Gasteiger partial charge in [-0.05, 0) is 28.8 Å². The van der Waals surface area contributed by atoms with Crippen molar-refractivity contribution in [3.63, 3.8) is 0 Å². The van der Waals surface area contributed by atoms with Crippen molar-refractivity contribution >= 4 is 31.9 Å². The maximum Gasteiger partial charge on any atom is 0.289 e. The van der Waals surface area contributed by atoms with Crippen LogP contribution in [0.1, 0.15) is 23.4 Å². The molecular weight excluding hydrogens is 312 g/mol. The quantitative estimate of drug-likeness (QED) is 0.876. The number of rotatable bonds is 2. The van der Waals surface area contributed by atoms with Crippen molar-refractivity contribution in [1.82, 2.24) is 4.90 Å². The van der Waals surface area contributed by atoms with Crippen LogP contribution in [0.3, 0.4) is 0 Å². The minimum Gasteiger partial charge on any atom is -0.443 e. The van der Waals surface area contributed by atoms with Gasteiger partial charge < -0.3 is 9.32 Å². The highest BCUT2D eigenvalue weighted by atomic mass is 79.9. The molecule has 1 aromatic heterocycles. The van der Waals surface area contributed by atoms with Gasteiger partial charge in [-0.25, -0.2) is 13.6 Å². The second kappa shape index (κ2) is 4.43. The summed E-state index contributed by atoms with van der Waals surface area (Å²) in [4.78, 5) is 13.3. The number of nitrogens with two attached hydrogens (primary N) is 1. The van der Waals surface area contributed by atoms with Gasteiger partial charge in [-0.15, -0.1) is 0 Å². The van der Waals surface area contributed by atoms with Gasteiger partial charge in [0.15, 0.2) is 10.4 Å². The van der Waals surface area contributed by atoms with Crippen molar-refractivity contribution in [2.45, 2.75) is 17.7 Å². The van der Waals surface area contributed by atoms with Crippen LogP contribution in [0.25, 0.3) is 0 Å². The Kier molecular flexibility index (Phi) is 3.28. The van der Waals surface area contributed by atoms with Crippen molar-refractivity contribution in [1.29, 1.82) is 0 Å². The number of likely N-dealkylation sites (tertiary alicyclic amines) is 1. The highest BCUT2D eigenvalue weighted by Gasteiger charge is 2.26. The lowest BCUT2D eigenvalue weighted by Crippen LogP contribution is -2.27. The van der Waals surface area contributed by atoms with Crippen LogP contribution in [0.5, 0.6) is 0 Å². The highest BCUT2D eigenvalue weighted by molar-refractivity contribution is 9.10. The van der Waals surface area contributed by atoms with Crippen molar-refractivity contribution in [2.24, 2.45) is 5.14 Å². The number of primary sulfonamides is 1. The Balaban J connectivity index is 2.31. The van der Waals surface area contributed by atoms with Crippen LogP contribution in [0.2, 0.25) is 0 Å². The molecule has 0 aromatic carbocycles. The van der Waals surface area contributed by atoms with Crippen LogP contribution in [-0.2, 0) is 10.0 Å². The Labute approximate surface area is 107 Å². The van der Waals surface area contributed by atoms with Crippen LogP contribution in [-0.4, -0.2) is 32.3 Å². The van der Waals surface area contributed by atoms with E-state index in [4.69, 9.17) is 9.56 Å². The van der Waals surface area contributed by atoms with Gasteiger partial charge in [-0.2, -0.15) is 0 Å². The van der Waals surface area contributed by atoms with E-state index in [1.165, 1.54) is 0 Å². The molecule has 17 heavy (non-hydrogen) atoms. The third kappa shape index (κ3) is 2.53. The molecule has 1 aliphatic rings. The molecule has 0 saturated carbocycles. The fourth-order valence-corrected chi connectivity index (χ4v) is 3.23. The fraction of sp³-hybridized carbons (Fsp3) is 0.444. The van der Waals surface area contributed by atoms with E-state index in [1.54, 1.807) is 4.90 Å². The Morgan fingerprint density at radius 3 is 2.47 bits per heavy atom. The minimum absolute atomic E-state index is 0.0113. The van der Waals surface area contributed by atoms with Crippen LogP contribution < -0.4 is 5.14 Å². The van der Waals surface area contributed by atoms with E-state index in [0.29, 0.717) is 13.1 Å². The predicted molar refractivity (Wildman–Crippen MR) is 62.9 cm³/mol. The number of furan rings is 1. The topological polar surface area (TPSA) is 93.6 Å². The molecule has 0 aliphatic carbocycles. The van der Waals surface area contributed by atoms with Gasteiger partial charge in [0, 0.05) is 19.2 Å². The lowest BCUT2D eigenvalue weighted by atomic mass is 10.4. The number of hydrogen-bond donors (Lipinski definition) is 1. The van der Waals surface area contributed by atoms with Crippen molar-refractivity contribution < 1.29 is 17.6 Å². The van der Waals surface area contributed by atoms with Gasteiger partial charge in [0.05, 0.1) is 0 Å². The predicted octanol–water partition coefficient (Wildman–Crippen LogP) is 0.926. The molecule has 6 nitrogen and oxygen atoms in total. The molecule has 8 heteroatoms. The third-order valence-corrected chi connectivity index (χ3v) is 4.33. The van der Waals surface area contributed by atoms with Crippen LogP contribution >= 0.6 is 15.9 Å². The van der Waals surface area contributed by atoms with Gasteiger partial charge in [-0.3, -0.25) is 4.79 Å². The van der Waals surface area contributed by atoms with E-state index in [9.17, 15) is 13.2 Å². The summed E-state index contributed by atoms with van der Waals surface area (Å²) in [6.07, 6.45) is 1.91. The molecule has 1 aliphatic heterocycles. The average molecular weight is 323 g/mol. The summed E-state index contributed by atoms with van der Waals surface area (Å²) in [6, 6.07) is 1.15. The smallest absolute Gasteiger partial charge is 0.289 e. The summed E-state index contributed by atoms with van der Waals surface area (Å²) >= 11 is 2.93. The molecule has 0 atom stereocenters. The Hall–Kier alpha value is -0.860. The number of hydrogen-bond acceptors (Lipinski definition) is 4. The van der Waals surface area contributed by atoms with E-state index in [1.807, 2.05) is 0 Å². The zero-order valence-corrected chi connectivity index (χ0v) is 11.3. The molecule has 1 saturated heterocycles. The van der Waals surface area contributed by atoms with Crippen molar-refractivity contribution in [3.05, 3.63) is 16.5 Å². The minimum atomic E-state index is -3.88. The molecule has 0 spiro atoms. The van der Waals surface area contributed by atoms with E-state index in [2.05, 4.69) is 15.9 Å². The molecule has 1 fully saturated rings. The molecule has 0 unspecified atom stereocenters. The van der Waals surface area contributed by atoms with E-state index in [0.717, 1.165) is 18.9 Å². The SMILES string of the molecule is NS(=O)(=O)c1cc(C(=O)N2CCCC2)oc1Br. The summed E-state index contributed by atoms with van der Waals surface area (Å²) in [5.41, 5.74) is 0. The molecular formula is C9H11BrN2O4S. The first-order valence-corrected chi connectivity index (χ1v) is 7.35. The summed E-state index contributed by atoms with van der Waals surface area (Å²) < 4.78 is 27.4. The van der Waals surface area contributed by atoms with Crippen molar-refractivity contribution in [3.8, 4) is 0 Å². The first kappa shape index (κ1) is 12.6. The first-order chi connectivity index (χ1) is 7.89. The van der Waals surface area contributed by atoms with Gasteiger partial charge in [0.2, 0.25) is 10.0 Å². The Morgan fingerprint density at radius 1 is 1.41 bits per heavy atom. The number of halogens is 1. The zero-order valence-electron chi connectivity index (χ0n) is 8.85. The lowest BCUT2D eigenvalue weighted by molar-refractivity contribution is 0.0760. The first-order valence-electron chi connectivity index (χ1n) is 5.01. The summed E-state index contributed by atoms with van der Waals surface area (Å²) in [7, 11) is -3.88. The largest absolute Gasteiger partial charge is 0.443 e. The third-order valence-electron chi connectivity index (χ3n) is 2.57. The second-order valence-corrected chi connectivity index (χ2v) is 6.04. The van der Waals surface area contributed by atoms with Crippen LogP contribution in [0, 0.1) is 0 Å². The van der Waals surface area contributed by atoms with Crippen LogP contribution in [0.4, 0.5) is 0 Å². The lowest BCUT2D eigenvalue weighted by Gasteiger charge is -2.12. The van der Waals surface area contributed by atoms with Crippen molar-refractivity contribution in [2.75, 3.05) is 13.1 Å². The van der Waals surface area contributed by atoms with E-state index < -0.39 is 10.0 Å². The molecule has 2 N–H and O–H groups in total. The van der Waals surface area contributed by atoms with Gasteiger partial charge >= 0.3 is 0 Å². The Bertz CT molecular complexity index is 545.